The highest BCUT2D eigenvalue weighted by molar-refractivity contribution is 5.81. The Morgan fingerprint density at radius 1 is 1.00 bits per heavy atom. The second-order valence-electron chi connectivity index (χ2n) is 8.18. The Labute approximate surface area is 173 Å². The van der Waals surface area contributed by atoms with E-state index >= 15 is 0 Å². The molecule has 1 unspecified atom stereocenters. The van der Waals surface area contributed by atoms with Crippen molar-refractivity contribution in [2.24, 2.45) is 0 Å². The summed E-state index contributed by atoms with van der Waals surface area (Å²) in [5.74, 6) is 2.91. The number of anilines is 1. The van der Waals surface area contributed by atoms with E-state index in [0.29, 0.717) is 19.0 Å². The first-order valence-corrected chi connectivity index (χ1v) is 10.4. The predicted molar refractivity (Wildman–Crippen MR) is 116 cm³/mol. The van der Waals surface area contributed by atoms with Crippen LogP contribution >= 0.6 is 0 Å². The van der Waals surface area contributed by atoms with Crippen molar-refractivity contribution in [2.45, 2.75) is 53.6 Å². The number of carbonyl (C=O) groups excluding carboxylic acids is 1. The van der Waals surface area contributed by atoms with Gasteiger partial charge in [-0.1, -0.05) is 26.0 Å². The summed E-state index contributed by atoms with van der Waals surface area (Å²) in [6, 6.07) is 8.21. The molecule has 0 N–H and O–H groups in total. The summed E-state index contributed by atoms with van der Waals surface area (Å²) in [6.45, 7) is 14.9. The van der Waals surface area contributed by atoms with Gasteiger partial charge in [0.15, 0.2) is 6.10 Å². The SMILES string of the molecule is Cc1ccc(C(C)C)c(OC(C)C(=O)N2CCN(c3cc(C)nc(C)n3)CC2)c1. The quantitative estimate of drug-likeness (QED) is 0.772. The Kier molecular flexibility index (Phi) is 6.40. The van der Waals surface area contributed by atoms with E-state index in [1.165, 1.54) is 0 Å². The van der Waals surface area contributed by atoms with E-state index in [4.69, 9.17) is 4.74 Å². The van der Waals surface area contributed by atoms with E-state index in [-0.39, 0.29) is 5.91 Å². The van der Waals surface area contributed by atoms with Gasteiger partial charge in [0, 0.05) is 37.9 Å². The molecule has 1 aromatic carbocycles. The molecule has 1 saturated heterocycles. The standard InChI is InChI=1S/C23H32N4O2/c1-15(2)20-8-7-16(3)13-21(20)29-18(5)23(28)27-11-9-26(10-12-27)22-14-17(4)24-19(6)25-22/h7-8,13-15,18H,9-12H2,1-6H3. The molecule has 0 spiro atoms. The largest absolute Gasteiger partial charge is 0.481 e. The molecule has 0 radical (unpaired) electrons. The van der Waals surface area contributed by atoms with Gasteiger partial charge in [0.1, 0.15) is 17.4 Å². The fourth-order valence-corrected chi connectivity index (χ4v) is 3.73. The molecule has 1 aliphatic rings. The van der Waals surface area contributed by atoms with E-state index < -0.39 is 6.10 Å². The Balaban J connectivity index is 1.63. The second kappa shape index (κ2) is 8.80. The molecule has 0 bridgehead atoms. The van der Waals surface area contributed by atoms with Gasteiger partial charge in [-0.05, 0) is 50.8 Å². The van der Waals surface area contributed by atoms with Crippen LogP contribution in [-0.2, 0) is 4.79 Å². The lowest BCUT2D eigenvalue weighted by Gasteiger charge is -2.36. The van der Waals surface area contributed by atoms with E-state index in [1.807, 2.05) is 44.7 Å². The van der Waals surface area contributed by atoms with Gasteiger partial charge in [0.05, 0.1) is 0 Å². The fourth-order valence-electron chi connectivity index (χ4n) is 3.73. The van der Waals surface area contributed by atoms with Crippen LogP contribution in [0.4, 0.5) is 5.82 Å². The highest BCUT2D eigenvalue weighted by Crippen LogP contribution is 2.28. The lowest BCUT2D eigenvalue weighted by Crippen LogP contribution is -2.52. The third-order valence-corrected chi connectivity index (χ3v) is 5.31. The average molecular weight is 397 g/mol. The maximum Gasteiger partial charge on any atom is 0.263 e. The molecular formula is C23H32N4O2. The number of rotatable bonds is 5. The lowest BCUT2D eigenvalue weighted by molar-refractivity contribution is -0.138. The minimum atomic E-state index is -0.510. The molecule has 6 nitrogen and oxygen atoms in total. The average Bonchev–Trinajstić information content (AvgIpc) is 2.66. The minimum absolute atomic E-state index is 0.0379. The molecule has 3 rings (SSSR count). The summed E-state index contributed by atoms with van der Waals surface area (Å²) in [5, 5.41) is 0. The molecule has 29 heavy (non-hydrogen) atoms. The summed E-state index contributed by atoms with van der Waals surface area (Å²) < 4.78 is 6.12. The zero-order chi connectivity index (χ0) is 21.1. The summed E-state index contributed by atoms with van der Waals surface area (Å²) in [5.41, 5.74) is 3.23. The molecule has 1 fully saturated rings. The summed E-state index contributed by atoms with van der Waals surface area (Å²) in [4.78, 5) is 26.0. The number of ether oxygens (including phenoxy) is 1. The molecule has 1 amide bonds. The maximum absolute atomic E-state index is 13.0. The summed E-state index contributed by atoms with van der Waals surface area (Å²) in [6.07, 6.45) is -0.510. The monoisotopic (exact) mass is 396 g/mol. The number of nitrogens with zero attached hydrogens (tertiary/aromatic N) is 4. The molecule has 1 aliphatic heterocycles. The van der Waals surface area contributed by atoms with Gasteiger partial charge in [-0.15, -0.1) is 0 Å². The predicted octanol–water partition coefficient (Wildman–Crippen LogP) is 3.64. The van der Waals surface area contributed by atoms with Gasteiger partial charge < -0.3 is 14.5 Å². The number of amides is 1. The zero-order valence-electron chi connectivity index (χ0n) is 18.4. The smallest absolute Gasteiger partial charge is 0.263 e. The molecule has 0 aliphatic carbocycles. The number of hydrogen-bond donors (Lipinski definition) is 0. The van der Waals surface area contributed by atoms with Crippen LogP contribution in [0.5, 0.6) is 5.75 Å². The van der Waals surface area contributed by atoms with E-state index in [0.717, 1.165) is 47.3 Å². The molecular weight excluding hydrogens is 364 g/mol. The van der Waals surface area contributed by atoms with Gasteiger partial charge in [-0.3, -0.25) is 4.79 Å². The van der Waals surface area contributed by atoms with Crippen molar-refractivity contribution in [1.82, 2.24) is 14.9 Å². The molecule has 2 aromatic rings. The van der Waals surface area contributed by atoms with Crippen molar-refractivity contribution in [1.29, 1.82) is 0 Å². The first-order chi connectivity index (χ1) is 13.7. The van der Waals surface area contributed by atoms with E-state index in [1.54, 1.807) is 0 Å². The normalized spacial score (nSPS) is 15.6. The second-order valence-corrected chi connectivity index (χ2v) is 8.18. The number of carbonyl (C=O) groups is 1. The summed E-state index contributed by atoms with van der Waals surface area (Å²) in [7, 11) is 0. The third kappa shape index (κ3) is 5.05. The van der Waals surface area contributed by atoms with Crippen molar-refractivity contribution >= 4 is 11.7 Å². The Morgan fingerprint density at radius 3 is 2.31 bits per heavy atom. The highest BCUT2D eigenvalue weighted by Gasteiger charge is 2.27. The van der Waals surface area contributed by atoms with Crippen LogP contribution in [0.2, 0.25) is 0 Å². The van der Waals surface area contributed by atoms with Crippen molar-refractivity contribution in [3.05, 3.63) is 46.9 Å². The Bertz CT molecular complexity index is 853. The number of piperazine rings is 1. The lowest BCUT2D eigenvalue weighted by atomic mass is 10.0. The van der Waals surface area contributed by atoms with Crippen LogP contribution in [0.3, 0.4) is 0 Å². The van der Waals surface area contributed by atoms with Gasteiger partial charge in [0.2, 0.25) is 0 Å². The Hall–Kier alpha value is -2.63. The molecule has 156 valence electrons. The minimum Gasteiger partial charge on any atom is -0.481 e. The Morgan fingerprint density at radius 2 is 1.69 bits per heavy atom. The van der Waals surface area contributed by atoms with Crippen molar-refractivity contribution in [3.8, 4) is 5.75 Å². The summed E-state index contributed by atoms with van der Waals surface area (Å²) >= 11 is 0. The number of aryl methyl sites for hydroxylation is 3. The molecule has 0 saturated carbocycles. The molecule has 1 aromatic heterocycles. The van der Waals surface area contributed by atoms with E-state index in [2.05, 4.69) is 40.8 Å². The van der Waals surface area contributed by atoms with Crippen LogP contribution < -0.4 is 9.64 Å². The van der Waals surface area contributed by atoms with Gasteiger partial charge in [0.25, 0.3) is 5.91 Å². The van der Waals surface area contributed by atoms with Crippen LogP contribution in [0.25, 0.3) is 0 Å². The van der Waals surface area contributed by atoms with Gasteiger partial charge >= 0.3 is 0 Å². The number of hydrogen-bond acceptors (Lipinski definition) is 5. The topological polar surface area (TPSA) is 58.6 Å². The van der Waals surface area contributed by atoms with Crippen LogP contribution in [0, 0.1) is 20.8 Å². The van der Waals surface area contributed by atoms with Crippen molar-refractivity contribution in [2.75, 3.05) is 31.1 Å². The van der Waals surface area contributed by atoms with Crippen molar-refractivity contribution in [3.63, 3.8) is 0 Å². The van der Waals surface area contributed by atoms with E-state index in [9.17, 15) is 4.79 Å². The van der Waals surface area contributed by atoms with Crippen LogP contribution in [0.15, 0.2) is 24.3 Å². The first-order valence-electron chi connectivity index (χ1n) is 10.4. The molecule has 2 heterocycles. The number of aromatic nitrogens is 2. The van der Waals surface area contributed by atoms with Gasteiger partial charge in [-0.2, -0.15) is 0 Å². The van der Waals surface area contributed by atoms with Crippen molar-refractivity contribution < 1.29 is 9.53 Å². The first kappa shape index (κ1) is 21.1. The zero-order valence-corrected chi connectivity index (χ0v) is 18.4. The van der Waals surface area contributed by atoms with Gasteiger partial charge in [-0.25, -0.2) is 9.97 Å². The third-order valence-electron chi connectivity index (χ3n) is 5.31. The maximum atomic E-state index is 13.0. The highest BCUT2D eigenvalue weighted by atomic mass is 16.5. The number of benzene rings is 1. The van der Waals surface area contributed by atoms with Crippen LogP contribution in [-0.4, -0.2) is 53.1 Å². The molecule has 6 heteroatoms. The van der Waals surface area contributed by atoms with Crippen LogP contribution in [0.1, 0.15) is 49.3 Å². The fraction of sp³-hybridized carbons (Fsp3) is 0.522. The molecule has 1 atom stereocenters.